The molecule has 4 aliphatic rings. The highest BCUT2D eigenvalue weighted by atomic mass is 15.2. The summed E-state index contributed by atoms with van der Waals surface area (Å²) >= 11 is 0. The molecule has 10 aromatic rings. The highest BCUT2D eigenvalue weighted by Gasteiger charge is 2.48. The van der Waals surface area contributed by atoms with Gasteiger partial charge in [0.1, 0.15) is 0 Å². The summed E-state index contributed by atoms with van der Waals surface area (Å²) in [4.78, 5) is 7.63. The van der Waals surface area contributed by atoms with Gasteiger partial charge in [-0.05, 0) is 153 Å². The van der Waals surface area contributed by atoms with Crippen molar-refractivity contribution < 1.29 is 0 Å². The van der Waals surface area contributed by atoms with Gasteiger partial charge in [0.05, 0.1) is 5.41 Å². The van der Waals surface area contributed by atoms with Crippen LogP contribution in [0.2, 0.25) is 0 Å². The number of hydrogen-bond acceptors (Lipinski definition) is 3. The Bertz CT molecular complexity index is 3510. The number of anilines is 9. The van der Waals surface area contributed by atoms with Gasteiger partial charge < -0.3 is 14.7 Å². The summed E-state index contributed by atoms with van der Waals surface area (Å²) in [5.74, 6) is 0.484. The highest BCUT2D eigenvalue weighted by Crippen LogP contribution is 2.58. The summed E-state index contributed by atoms with van der Waals surface area (Å²) in [5.41, 5.74) is 23.4. The minimum Gasteiger partial charge on any atom is -0.311 e. The molecule has 10 aromatic carbocycles. The second kappa shape index (κ2) is 17.0. The average molecular weight is 910 g/mol. The Morgan fingerprint density at radius 2 is 0.915 bits per heavy atom. The zero-order valence-corrected chi connectivity index (χ0v) is 39.7. The van der Waals surface area contributed by atoms with Gasteiger partial charge in [0.15, 0.2) is 0 Å². The maximum absolute atomic E-state index is 2.64. The van der Waals surface area contributed by atoms with E-state index in [4.69, 9.17) is 0 Å². The van der Waals surface area contributed by atoms with E-state index in [1.165, 1.54) is 116 Å². The molecule has 0 radical (unpaired) electrons. The van der Waals surface area contributed by atoms with Crippen LogP contribution in [0.25, 0.3) is 11.1 Å². The molecule has 0 saturated heterocycles. The van der Waals surface area contributed by atoms with E-state index in [9.17, 15) is 0 Å². The molecule has 71 heavy (non-hydrogen) atoms. The number of nitrogens with zero attached hydrogens (tertiary/aromatic N) is 3. The summed E-state index contributed by atoms with van der Waals surface area (Å²) in [6.45, 7) is 0.00480. The zero-order chi connectivity index (χ0) is 46.9. The molecule has 338 valence electrons. The fourth-order valence-corrected chi connectivity index (χ4v) is 13.1. The maximum atomic E-state index is 2.64. The second-order valence-electron chi connectivity index (χ2n) is 19.8. The lowest BCUT2D eigenvalue weighted by Gasteiger charge is -2.45. The van der Waals surface area contributed by atoms with Gasteiger partial charge in [-0.25, -0.2) is 0 Å². The van der Waals surface area contributed by atoms with E-state index in [0.717, 1.165) is 22.7 Å². The number of rotatable bonds is 8. The maximum Gasteiger partial charge on any atom is 0.252 e. The molecule has 2 aliphatic heterocycles. The van der Waals surface area contributed by atoms with Gasteiger partial charge in [-0.3, -0.25) is 0 Å². The van der Waals surface area contributed by atoms with Crippen molar-refractivity contribution in [1.29, 1.82) is 0 Å². The Balaban J connectivity index is 1.04. The first-order chi connectivity index (χ1) is 35.3. The normalized spacial score (nSPS) is 15.0. The largest absolute Gasteiger partial charge is 0.311 e. The predicted molar refractivity (Wildman–Crippen MR) is 298 cm³/mol. The smallest absolute Gasteiger partial charge is 0.252 e. The minimum absolute atomic E-state index is 0.00480. The van der Waals surface area contributed by atoms with Crippen LogP contribution in [0, 0.1) is 0 Å². The van der Waals surface area contributed by atoms with Crippen LogP contribution in [-0.4, -0.2) is 6.71 Å². The Hall–Kier alpha value is -8.34. The van der Waals surface area contributed by atoms with Gasteiger partial charge in [0, 0.05) is 51.2 Å². The van der Waals surface area contributed by atoms with E-state index in [0.29, 0.717) is 5.92 Å². The van der Waals surface area contributed by atoms with E-state index in [2.05, 4.69) is 263 Å². The lowest BCUT2D eigenvalue weighted by Crippen LogP contribution is -2.61. The summed E-state index contributed by atoms with van der Waals surface area (Å²) in [7, 11) is 0. The lowest BCUT2D eigenvalue weighted by atomic mass is 9.33. The molecule has 0 bridgehead atoms. The Morgan fingerprint density at radius 3 is 1.58 bits per heavy atom. The van der Waals surface area contributed by atoms with E-state index in [-0.39, 0.29) is 6.71 Å². The van der Waals surface area contributed by atoms with Crippen molar-refractivity contribution in [2.75, 3.05) is 14.7 Å². The first-order valence-electron chi connectivity index (χ1n) is 25.6. The van der Waals surface area contributed by atoms with Gasteiger partial charge in [0.25, 0.3) is 6.71 Å². The molecule has 3 nitrogen and oxygen atoms in total. The molecule has 1 fully saturated rings. The molecule has 0 amide bonds. The topological polar surface area (TPSA) is 9.72 Å². The van der Waals surface area contributed by atoms with Crippen molar-refractivity contribution in [3.05, 3.63) is 277 Å². The SMILES string of the molecule is c1ccc(N(c2ccccc2)c2ccc3c(c2)N(c2ccccc2)c2cc(C4CCCCC4)cc4c2B3c2ccccc2N4c2ccc3c(c2)C(c2ccccc2)(c2ccccc2)c2ccccc2-3)cc1. The van der Waals surface area contributed by atoms with Gasteiger partial charge >= 0.3 is 0 Å². The van der Waals surface area contributed by atoms with Crippen molar-refractivity contribution in [1.82, 2.24) is 0 Å². The lowest BCUT2D eigenvalue weighted by molar-refractivity contribution is 0.444. The van der Waals surface area contributed by atoms with Crippen molar-refractivity contribution in [3.8, 4) is 11.1 Å². The number of para-hydroxylation sites is 4. The molecule has 0 atom stereocenters. The van der Waals surface area contributed by atoms with Crippen LogP contribution < -0.4 is 31.1 Å². The molecule has 0 aromatic heterocycles. The Labute approximate surface area is 418 Å². The molecule has 0 unspecified atom stereocenters. The monoisotopic (exact) mass is 909 g/mol. The molecule has 4 heteroatoms. The fourth-order valence-electron chi connectivity index (χ4n) is 13.1. The molecule has 0 N–H and O–H groups in total. The summed E-state index contributed by atoms with van der Waals surface area (Å²) in [6, 6.07) is 93.3. The first kappa shape index (κ1) is 41.6. The third-order valence-corrected chi connectivity index (χ3v) is 16.1. The van der Waals surface area contributed by atoms with E-state index < -0.39 is 5.41 Å². The molecule has 0 spiro atoms. The van der Waals surface area contributed by atoms with Crippen LogP contribution in [0.15, 0.2) is 249 Å². The van der Waals surface area contributed by atoms with Gasteiger partial charge in [-0.1, -0.05) is 189 Å². The van der Waals surface area contributed by atoms with Crippen LogP contribution in [-0.2, 0) is 5.41 Å². The molecule has 2 heterocycles. The summed E-state index contributed by atoms with van der Waals surface area (Å²) < 4.78 is 0. The number of fused-ring (bicyclic) bond motifs is 7. The third kappa shape index (κ3) is 6.51. The third-order valence-electron chi connectivity index (χ3n) is 16.1. The van der Waals surface area contributed by atoms with Gasteiger partial charge in [-0.2, -0.15) is 0 Å². The zero-order valence-electron chi connectivity index (χ0n) is 39.7. The average Bonchev–Trinajstić information content (AvgIpc) is 3.75. The Morgan fingerprint density at radius 1 is 0.380 bits per heavy atom. The fraction of sp³-hybridized carbons (Fsp3) is 0.104. The van der Waals surface area contributed by atoms with Gasteiger partial charge in [-0.15, -0.1) is 0 Å². The molecule has 14 rings (SSSR count). The minimum atomic E-state index is -0.514. The van der Waals surface area contributed by atoms with E-state index >= 15 is 0 Å². The van der Waals surface area contributed by atoms with Crippen molar-refractivity contribution in [3.63, 3.8) is 0 Å². The molecule has 2 aliphatic carbocycles. The molecular weight excluding hydrogens is 858 g/mol. The van der Waals surface area contributed by atoms with Crippen molar-refractivity contribution in [2.45, 2.75) is 43.4 Å². The quantitative estimate of drug-likeness (QED) is 0.141. The van der Waals surface area contributed by atoms with Crippen LogP contribution in [0.4, 0.5) is 51.2 Å². The highest BCUT2D eigenvalue weighted by molar-refractivity contribution is 7.00. The van der Waals surface area contributed by atoms with Crippen LogP contribution in [0.5, 0.6) is 0 Å². The van der Waals surface area contributed by atoms with Crippen LogP contribution in [0.1, 0.15) is 65.8 Å². The van der Waals surface area contributed by atoms with Crippen LogP contribution in [0.3, 0.4) is 0 Å². The van der Waals surface area contributed by atoms with E-state index in [1.54, 1.807) is 0 Å². The first-order valence-corrected chi connectivity index (χ1v) is 25.6. The van der Waals surface area contributed by atoms with Gasteiger partial charge in [0.2, 0.25) is 0 Å². The van der Waals surface area contributed by atoms with E-state index in [1.807, 2.05) is 0 Å². The standard InChI is InChI=1S/C67H52BN3/c1-7-23-47(24-8-1)48-43-64-66-65(44-48)71(54-39-41-57-56-35-19-20-36-58(56)67(59(57)45-54,49-25-9-2-10-26-49)50-27-11-3-12-28-50)62-38-22-21-37-60(62)68(66)61-42-40-55(46-63(61)70(64)53-33-17-6-18-34-53)69(51-29-13-4-14-30-51)52-31-15-5-16-32-52/h2-6,9-22,25-47H,1,7-8,23-24H2. The Kier molecular flexibility index (Phi) is 9.94. The second-order valence-corrected chi connectivity index (χ2v) is 19.8. The molecular formula is C67H52BN3. The number of benzene rings is 10. The van der Waals surface area contributed by atoms with Crippen molar-refractivity contribution in [2.24, 2.45) is 0 Å². The number of hydrogen-bond donors (Lipinski definition) is 0. The van der Waals surface area contributed by atoms with Crippen LogP contribution >= 0.6 is 0 Å². The summed E-state index contributed by atoms with van der Waals surface area (Å²) in [5, 5.41) is 0. The molecule has 1 saturated carbocycles. The van der Waals surface area contributed by atoms with Crippen molar-refractivity contribution >= 4 is 74.3 Å². The summed E-state index contributed by atoms with van der Waals surface area (Å²) in [6.07, 6.45) is 6.26. The predicted octanol–water partition coefficient (Wildman–Crippen LogP) is 15.6.